The van der Waals surface area contributed by atoms with Gasteiger partial charge in [-0.15, -0.1) is 0 Å². The Labute approximate surface area is 225 Å². The third kappa shape index (κ3) is 5.55. The number of likely N-dealkylation sites (tertiary alicyclic amines) is 1. The highest BCUT2D eigenvalue weighted by atomic mass is 35.5. The minimum atomic E-state index is -4.21. The molecule has 2 aromatic heterocycles. The van der Waals surface area contributed by atoms with Crippen LogP contribution in [0.2, 0.25) is 10.0 Å². The van der Waals surface area contributed by atoms with Crippen LogP contribution in [-0.4, -0.2) is 53.3 Å². The summed E-state index contributed by atoms with van der Waals surface area (Å²) in [4.78, 5) is 25.6. The second-order valence-corrected chi connectivity index (χ2v) is 12.0. The van der Waals surface area contributed by atoms with Crippen molar-refractivity contribution in [3.05, 3.63) is 70.7 Å². The van der Waals surface area contributed by atoms with Crippen LogP contribution in [0.5, 0.6) is 0 Å². The molecule has 0 saturated carbocycles. The van der Waals surface area contributed by atoms with Gasteiger partial charge in [0.2, 0.25) is 15.9 Å². The summed E-state index contributed by atoms with van der Waals surface area (Å²) in [5, 5.41) is 0.382. The largest absolute Gasteiger partial charge is 0.367 e. The zero-order chi connectivity index (χ0) is 26.2. The number of benzene rings is 2. The van der Waals surface area contributed by atoms with Gasteiger partial charge >= 0.3 is 0 Å². The van der Waals surface area contributed by atoms with Crippen LogP contribution in [0.3, 0.4) is 0 Å². The van der Waals surface area contributed by atoms with Crippen LogP contribution in [0.1, 0.15) is 25.3 Å². The number of H-pyrrole nitrogens is 2. The van der Waals surface area contributed by atoms with Gasteiger partial charge in [0, 0.05) is 41.6 Å². The Morgan fingerprint density at radius 3 is 2.70 bits per heavy atom. The summed E-state index contributed by atoms with van der Waals surface area (Å²) in [5.41, 5.74) is 3.33. The Morgan fingerprint density at radius 2 is 1.97 bits per heavy atom. The maximum atomic E-state index is 13.8. The first-order valence-electron chi connectivity index (χ1n) is 12.1. The Hall–Kier alpha value is -2.85. The predicted molar refractivity (Wildman–Crippen MR) is 145 cm³/mol. The summed E-state index contributed by atoms with van der Waals surface area (Å²) in [5.74, 6) is 0.274. The van der Waals surface area contributed by atoms with Gasteiger partial charge in [-0.25, -0.2) is 13.4 Å². The zero-order valence-electron chi connectivity index (χ0n) is 20.2. The van der Waals surface area contributed by atoms with E-state index < -0.39 is 16.1 Å². The van der Waals surface area contributed by atoms with Gasteiger partial charge in [-0.3, -0.25) is 4.79 Å². The molecule has 0 radical (unpaired) electrons. The highest BCUT2D eigenvalue weighted by Gasteiger charge is 2.33. The Morgan fingerprint density at radius 1 is 1.19 bits per heavy atom. The summed E-state index contributed by atoms with van der Waals surface area (Å²) < 4.78 is 30.4. The van der Waals surface area contributed by atoms with Gasteiger partial charge in [-0.05, 0) is 61.1 Å². The van der Waals surface area contributed by atoms with Crippen LogP contribution in [0.15, 0.2) is 60.0 Å². The number of piperidine rings is 1. The number of fused-ring (bicyclic) bond motifs is 1. The first-order chi connectivity index (χ1) is 17.7. The highest BCUT2D eigenvalue weighted by Crippen LogP contribution is 2.37. The van der Waals surface area contributed by atoms with Gasteiger partial charge in [0.1, 0.15) is 6.04 Å². The van der Waals surface area contributed by atoms with Gasteiger partial charge in [0.25, 0.3) is 0 Å². The molecule has 1 amide bonds. The fourth-order valence-corrected chi connectivity index (χ4v) is 6.93. The van der Waals surface area contributed by atoms with Crippen LogP contribution in [-0.2, 0) is 21.2 Å². The van der Waals surface area contributed by atoms with Gasteiger partial charge in [-0.2, -0.15) is 4.72 Å². The van der Waals surface area contributed by atoms with Crippen LogP contribution in [0.4, 0.5) is 0 Å². The van der Waals surface area contributed by atoms with E-state index in [2.05, 4.69) is 26.6 Å². The van der Waals surface area contributed by atoms with Crippen molar-refractivity contribution in [2.45, 2.75) is 37.1 Å². The molecule has 1 aliphatic rings. The van der Waals surface area contributed by atoms with Crippen molar-refractivity contribution in [2.24, 2.45) is 5.92 Å². The number of halogens is 2. The van der Waals surface area contributed by atoms with Crippen molar-refractivity contribution in [1.29, 1.82) is 0 Å². The van der Waals surface area contributed by atoms with E-state index in [1.54, 1.807) is 29.7 Å². The number of sulfonamides is 1. The number of nitrogens with zero attached hydrogens (tertiary/aromatic N) is 2. The maximum absolute atomic E-state index is 13.8. The van der Waals surface area contributed by atoms with E-state index in [0.29, 0.717) is 30.1 Å². The number of carbonyl (C=O) groups is 1. The Kier molecular flexibility index (Phi) is 7.31. The van der Waals surface area contributed by atoms with Crippen molar-refractivity contribution < 1.29 is 13.2 Å². The smallest absolute Gasteiger partial charge is 0.242 e. The van der Waals surface area contributed by atoms with Crippen molar-refractivity contribution in [1.82, 2.24) is 24.6 Å². The highest BCUT2D eigenvalue weighted by molar-refractivity contribution is 7.89. The molecule has 1 aliphatic heterocycles. The lowest BCUT2D eigenvalue weighted by atomic mass is 9.98. The first-order valence-corrected chi connectivity index (χ1v) is 14.3. The summed E-state index contributed by atoms with van der Waals surface area (Å²) in [6.45, 7) is 3.35. The van der Waals surface area contributed by atoms with Crippen molar-refractivity contribution in [2.75, 3.05) is 13.1 Å². The van der Waals surface area contributed by atoms with Crippen molar-refractivity contribution >= 4 is 50.2 Å². The molecule has 5 rings (SSSR count). The van der Waals surface area contributed by atoms with Crippen LogP contribution in [0.25, 0.3) is 22.2 Å². The molecule has 1 atom stereocenters. The molecule has 0 aliphatic carbocycles. The zero-order valence-corrected chi connectivity index (χ0v) is 22.5. The number of hydrogen-bond acceptors (Lipinski definition) is 4. The normalized spacial score (nSPS) is 15.8. The van der Waals surface area contributed by atoms with Crippen LogP contribution >= 0.6 is 23.2 Å². The monoisotopic (exact) mass is 559 g/mol. The van der Waals surface area contributed by atoms with E-state index in [0.717, 1.165) is 29.4 Å². The third-order valence-corrected chi connectivity index (χ3v) is 8.82. The van der Waals surface area contributed by atoms with Gasteiger partial charge in [0.15, 0.2) is 0 Å². The quantitative estimate of drug-likeness (QED) is 0.295. The number of carbonyl (C=O) groups excluding carboxylic acids is 1. The molecule has 2 aromatic carbocycles. The van der Waals surface area contributed by atoms with Crippen LogP contribution < -0.4 is 4.72 Å². The van der Waals surface area contributed by atoms with E-state index in [1.807, 2.05) is 18.2 Å². The average Bonchev–Trinajstić information content (AvgIpc) is 3.55. The molecule has 8 nitrogen and oxygen atoms in total. The van der Waals surface area contributed by atoms with E-state index in [4.69, 9.17) is 23.2 Å². The van der Waals surface area contributed by atoms with Gasteiger partial charge < -0.3 is 14.9 Å². The Balaban J connectivity index is 1.51. The lowest BCUT2D eigenvalue weighted by Gasteiger charge is -2.33. The topological polar surface area (TPSA) is 111 Å². The number of aromatic nitrogens is 3. The lowest BCUT2D eigenvalue weighted by molar-refractivity contribution is -0.134. The summed E-state index contributed by atoms with van der Waals surface area (Å²) >= 11 is 12.7. The molecule has 11 heteroatoms. The van der Waals surface area contributed by atoms with E-state index >= 15 is 0 Å². The average molecular weight is 561 g/mol. The summed E-state index contributed by atoms with van der Waals surface area (Å²) in [6.07, 6.45) is 6.87. The van der Waals surface area contributed by atoms with Crippen molar-refractivity contribution in [3.8, 4) is 11.1 Å². The molecule has 1 unspecified atom stereocenters. The molecule has 4 aromatic rings. The molecular weight excluding hydrogens is 533 g/mol. The fraction of sp³-hybridized carbons (Fsp3) is 0.308. The molecule has 194 valence electrons. The molecule has 3 N–H and O–H groups in total. The minimum Gasteiger partial charge on any atom is -0.367 e. The third-order valence-electron chi connectivity index (χ3n) is 6.81. The summed E-state index contributed by atoms with van der Waals surface area (Å²) in [7, 11) is -4.21. The fourth-order valence-electron chi connectivity index (χ4n) is 4.75. The second-order valence-electron chi connectivity index (χ2n) is 9.50. The number of imidazole rings is 1. The minimum absolute atomic E-state index is 0.0845. The number of hydrogen-bond donors (Lipinski definition) is 3. The maximum Gasteiger partial charge on any atom is 0.242 e. The summed E-state index contributed by atoms with van der Waals surface area (Å²) in [6, 6.07) is 9.16. The molecule has 37 heavy (non-hydrogen) atoms. The second kappa shape index (κ2) is 10.5. The standard InChI is InChI=1S/C26H27Cl2N5O3S/c1-16-5-8-33(9-6-16)26(34)23(11-17-2-3-21-22(10-17)31-15-30-21)32-37(35,36)24-13-19(27)12-20(28)25(24)18-4-7-29-14-18/h2-4,7,10,12-16,23,29,32H,5-6,8-9,11H2,1H3,(H,30,31). The van der Waals surface area contributed by atoms with E-state index in [9.17, 15) is 13.2 Å². The SMILES string of the molecule is CC1CCN(C(=O)C(Cc2ccc3nc[nH]c3c2)NS(=O)(=O)c2cc(Cl)cc(Cl)c2-c2cc[nH]c2)CC1. The van der Waals surface area contributed by atoms with Crippen LogP contribution in [0, 0.1) is 5.92 Å². The van der Waals surface area contributed by atoms with Gasteiger partial charge in [0.05, 0.1) is 27.3 Å². The number of aromatic amines is 2. The number of amides is 1. The molecular formula is C26H27Cl2N5O3S. The molecule has 3 heterocycles. The van der Waals surface area contributed by atoms with Crippen molar-refractivity contribution in [3.63, 3.8) is 0 Å². The van der Waals surface area contributed by atoms with Gasteiger partial charge in [-0.1, -0.05) is 36.2 Å². The molecule has 0 spiro atoms. The molecule has 1 saturated heterocycles. The Bertz CT molecular complexity index is 1530. The number of rotatable bonds is 7. The lowest BCUT2D eigenvalue weighted by Crippen LogP contribution is -2.51. The molecule has 0 bridgehead atoms. The van der Waals surface area contributed by atoms with E-state index in [-0.39, 0.29) is 27.3 Å². The molecule has 1 fully saturated rings. The number of nitrogens with one attached hydrogen (secondary N) is 3. The predicted octanol–water partition coefficient (Wildman–Crippen LogP) is 5.01. The van der Waals surface area contributed by atoms with E-state index in [1.165, 1.54) is 12.1 Å². The first kappa shape index (κ1) is 25.8.